The zero-order valence-electron chi connectivity index (χ0n) is 11.4. The number of nitrogens with two attached hydrogens (primary N) is 1. The van der Waals surface area contributed by atoms with E-state index >= 15 is 0 Å². The van der Waals surface area contributed by atoms with Crippen LogP contribution < -0.4 is 5.73 Å². The summed E-state index contributed by atoms with van der Waals surface area (Å²) in [5.41, 5.74) is 7.19. The van der Waals surface area contributed by atoms with Crippen molar-refractivity contribution in [2.24, 2.45) is 5.73 Å². The van der Waals surface area contributed by atoms with E-state index in [0.29, 0.717) is 6.42 Å². The molecule has 1 aromatic carbocycles. The number of hydrogen-bond donors (Lipinski definition) is 1. The Bertz CT molecular complexity index is 360. The van der Waals surface area contributed by atoms with Gasteiger partial charge in [0.1, 0.15) is 0 Å². The molecule has 0 bridgehead atoms. The second-order valence-corrected chi connectivity index (χ2v) is 4.95. The number of carbonyl (C=O) groups is 1. The molecular formula is C15H23NO2. The van der Waals surface area contributed by atoms with Gasteiger partial charge >= 0.3 is 5.97 Å². The largest absolute Gasteiger partial charge is 0.463 e. The van der Waals surface area contributed by atoms with Crippen molar-refractivity contribution in [2.45, 2.75) is 51.7 Å². The summed E-state index contributed by atoms with van der Waals surface area (Å²) in [6.45, 7) is 5.70. The first-order chi connectivity index (χ1) is 8.50. The quantitative estimate of drug-likeness (QED) is 0.789. The summed E-state index contributed by atoms with van der Waals surface area (Å²) in [4.78, 5) is 11.5. The highest BCUT2D eigenvalue weighted by atomic mass is 16.5. The fourth-order valence-corrected chi connectivity index (χ4v) is 2.03. The monoisotopic (exact) mass is 249 g/mol. The molecule has 0 amide bonds. The van der Waals surface area contributed by atoms with Crippen LogP contribution >= 0.6 is 0 Å². The fraction of sp³-hybridized carbons (Fsp3) is 0.533. The summed E-state index contributed by atoms with van der Waals surface area (Å²) >= 11 is 0. The first-order valence-electron chi connectivity index (χ1n) is 6.50. The van der Waals surface area contributed by atoms with Gasteiger partial charge in [-0.1, -0.05) is 30.3 Å². The highest BCUT2D eigenvalue weighted by Crippen LogP contribution is 2.24. The molecule has 0 aliphatic heterocycles. The van der Waals surface area contributed by atoms with Gasteiger partial charge in [0.2, 0.25) is 0 Å². The zero-order valence-corrected chi connectivity index (χ0v) is 11.4. The molecule has 0 aliphatic rings. The third-order valence-electron chi connectivity index (χ3n) is 2.89. The summed E-state index contributed by atoms with van der Waals surface area (Å²) in [7, 11) is 0. The lowest BCUT2D eigenvalue weighted by Gasteiger charge is -2.21. The van der Waals surface area contributed by atoms with E-state index in [0.717, 1.165) is 6.42 Å². The minimum Gasteiger partial charge on any atom is -0.463 e. The average molecular weight is 249 g/mol. The summed E-state index contributed by atoms with van der Waals surface area (Å²) in [6, 6.07) is 10.1. The molecule has 0 saturated heterocycles. The number of benzene rings is 1. The Labute approximate surface area is 109 Å². The van der Waals surface area contributed by atoms with E-state index in [-0.39, 0.29) is 24.0 Å². The molecule has 0 saturated carbocycles. The lowest BCUT2D eigenvalue weighted by atomic mass is 9.89. The molecule has 0 radical (unpaired) electrons. The second-order valence-electron chi connectivity index (χ2n) is 4.95. The summed E-state index contributed by atoms with van der Waals surface area (Å²) in [6.07, 6.45) is 1.09. The van der Waals surface area contributed by atoms with Gasteiger partial charge in [-0.15, -0.1) is 0 Å². The molecule has 0 spiro atoms. The zero-order chi connectivity index (χ0) is 13.5. The van der Waals surface area contributed by atoms with E-state index < -0.39 is 0 Å². The highest BCUT2D eigenvalue weighted by molar-refractivity contribution is 5.69. The molecule has 18 heavy (non-hydrogen) atoms. The molecule has 1 rings (SSSR count). The first-order valence-corrected chi connectivity index (χ1v) is 6.50. The van der Waals surface area contributed by atoms with Gasteiger partial charge in [0, 0.05) is 12.5 Å². The molecule has 0 aromatic heterocycles. The van der Waals surface area contributed by atoms with Crippen molar-refractivity contribution in [2.75, 3.05) is 0 Å². The topological polar surface area (TPSA) is 52.3 Å². The molecule has 2 atom stereocenters. The number of ether oxygens (including phenoxy) is 1. The van der Waals surface area contributed by atoms with E-state index in [2.05, 4.69) is 12.1 Å². The van der Waals surface area contributed by atoms with Gasteiger partial charge in [-0.05, 0) is 38.7 Å². The Kier molecular flexibility index (Phi) is 5.86. The van der Waals surface area contributed by atoms with Crippen LogP contribution in [-0.4, -0.2) is 18.1 Å². The lowest BCUT2D eigenvalue weighted by molar-refractivity contribution is -0.147. The van der Waals surface area contributed by atoms with Crippen molar-refractivity contribution in [3.63, 3.8) is 0 Å². The molecule has 2 N–H and O–H groups in total. The standard InChI is InChI=1S/C15H23NO2/c1-11(2)18-15(17)10-9-14(12(3)16)13-7-5-4-6-8-13/h4-8,11-12,14H,9-10,16H2,1-3H3/t12?,14-/m1/s1. The lowest BCUT2D eigenvalue weighted by Crippen LogP contribution is -2.25. The Hall–Kier alpha value is -1.35. The van der Waals surface area contributed by atoms with Gasteiger partial charge in [0.15, 0.2) is 0 Å². The van der Waals surface area contributed by atoms with Crippen LogP contribution in [0.3, 0.4) is 0 Å². The average Bonchev–Trinajstić information content (AvgIpc) is 2.29. The molecule has 3 nitrogen and oxygen atoms in total. The number of esters is 1. The minimum atomic E-state index is -0.147. The van der Waals surface area contributed by atoms with Crippen molar-refractivity contribution < 1.29 is 9.53 Å². The normalized spacial score (nSPS) is 14.3. The third-order valence-corrected chi connectivity index (χ3v) is 2.89. The van der Waals surface area contributed by atoms with Crippen LogP contribution in [0.4, 0.5) is 0 Å². The van der Waals surface area contributed by atoms with Gasteiger partial charge in [-0.3, -0.25) is 4.79 Å². The van der Waals surface area contributed by atoms with Crippen molar-refractivity contribution in [3.05, 3.63) is 35.9 Å². The fourth-order valence-electron chi connectivity index (χ4n) is 2.03. The van der Waals surface area contributed by atoms with E-state index in [1.165, 1.54) is 5.56 Å². The predicted octanol–water partition coefficient (Wildman–Crippen LogP) is 2.85. The van der Waals surface area contributed by atoms with Gasteiger partial charge in [-0.25, -0.2) is 0 Å². The van der Waals surface area contributed by atoms with Crippen LogP contribution in [0.5, 0.6) is 0 Å². The second kappa shape index (κ2) is 7.17. The Morgan fingerprint density at radius 1 is 1.22 bits per heavy atom. The molecule has 0 fully saturated rings. The molecule has 0 heterocycles. The summed E-state index contributed by atoms with van der Waals surface area (Å²) in [5.74, 6) is 0.0532. The predicted molar refractivity (Wildman–Crippen MR) is 73.3 cm³/mol. The first kappa shape index (κ1) is 14.7. The number of rotatable bonds is 6. The van der Waals surface area contributed by atoms with E-state index in [1.807, 2.05) is 39.0 Å². The van der Waals surface area contributed by atoms with Crippen molar-refractivity contribution in [3.8, 4) is 0 Å². The summed E-state index contributed by atoms with van der Waals surface area (Å²) in [5, 5.41) is 0. The Morgan fingerprint density at radius 2 is 1.83 bits per heavy atom. The molecule has 0 aliphatic carbocycles. The van der Waals surface area contributed by atoms with Gasteiger partial charge in [0.05, 0.1) is 6.10 Å². The van der Waals surface area contributed by atoms with Crippen molar-refractivity contribution in [1.82, 2.24) is 0 Å². The van der Waals surface area contributed by atoms with E-state index in [1.54, 1.807) is 0 Å². The van der Waals surface area contributed by atoms with Crippen LogP contribution in [0.1, 0.15) is 45.1 Å². The van der Waals surface area contributed by atoms with Crippen LogP contribution in [0.25, 0.3) is 0 Å². The maximum absolute atomic E-state index is 11.5. The van der Waals surface area contributed by atoms with Crippen molar-refractivity contribution >= 4 is 5.97 Å². The van der Waals surface area contributed by atoms with Gasteiger partial charge in [-0.2, -0.15) is 0 Å². The van der Waals surface area contributed by atoms with Crippen LogP contribution in [0.2, 0.25) is 0 Å². The SMILES string of the molecule is CC(C)OC(=O)CC[C@@H](c1ccccc1)C(C)N. The van der Waals surface area contributed by atoms with E-state index in [9.17, 15) is 4.79 Å². The molecule has 100 valence electrons. The van der Waals surface area contributed by atoms with Crippen LogP contribution in [0, 0.1) is 0 Å². The van der Waals surface area contributed by atoms with E-state index in [4.69, 9.17) is 10.5 Å². The Morgan fingerprint density at radius 3 is 2.33 bits per heavy atom. The molecule has 1 aromatic rings. The van der Waals surface area contributed by atoms with Crippen LogP contribution in [0.15, 0.2) is 30.3 Å². The highest BCUT2D eigenvalue weighted by Gasteiger charge is 2.18. The van der Waals surface area contributed by atoms with Crippen molar-refractivity contribution in [1.29, 1.82) is 0 Å². The maximum atomic E-state index is 11.5. The van der Waals surface area contributed by atoms with Gasteiger partial charge < -0.3 is 10.5 Å². The summed E-state index contributed by atoms with van der Waals surface area (Å²) < 4.78 is 5.14. The molecular weight excluding hydrogens is 226 g/mol. The molecule has 3 heteroatoms. The molecule has 1 unspecified atom stereocenters. The maximum Gasteiger partial charge on any atom is 0.306 e. The minimum absolute atomic E-state index is 0.0271. The smallest absolute Gasteiger partial charge is 0.306 e. The number of carbonyl (C=O) groups excluding carboxylic acids is 1. The third kappa shape index (κ3) is 4.88. The van der Waals surface area contributed by atoms with Gasteiger partial charge in [0.25, 0.3) is 0 Å². The van der Waals surface area contributed by atoms with Crippen LogP contribution in [-0.2, 0) is 9.53 Å². The number of hydrogen-bond acceptors (Lipinski definition) is 3. The Balaban J connectivity index is 2.57.